The van der Waals surface area contributed by atoms with Gasteiger partial charge in [0.1, 0.15) is 0 Å². The smallest absolute Gasteiger partial charge is 0.278 e. The second kappa shape index (κ2) is 6.11. The molecule has 0 bridgehead atoms. The molecular weight excluding hydrogens is 386 g/mol. The first kappa shape index (κ1) is 16.0. The molecule has 1 aliphatic heterocycles. The molecule has 0 saturated carbocycles. The van der Waals surface area contributed by atoms with Crippen molar-refractivity contribution in [2.75, 3.05) is 6.54 Å². The first-order valence-corrected chi connectivity index (χ1v) is 8.72. The van der Waals surface area contributed by atoms with Crippen molar-refractivity contribution in [1.29, 1.82) is 0 Å². The molecule has 0 spiro atoms. The van der Waals surface area contributed by atoms with Crippen LogP contribution < -0.4 is 0 Å². The summed E-state index contributed by atoms with van der Waals surface area (Å²) >= 11 is 3.39. The molecule has 25 heavy (non-hydrogen) atoms. The summed E-state index contributed by atoms with van der Waals surface area (Å²) in [4.78, 5) is 18.9. The Balaban J connectivity index is 1.66. The number of carbonyl (C=O) groups is 1. The summed E-state index contributed by atoms with van der Waals surface area (Å²) in [5.74, 6) is 0.968. The predicted octanol–water partition coefficient (Wildman–Crippen LogP) is 2.74. The van der Waals surface area contributed by atoms with E-state index in [0.29, 0.717) is 36.1 Å². The summed E-state index contributed by atoms with van der Waals surface area (Å²) in [6.07, 6.45) is 0.744. The zero-order chi connectivity index (χ0) is 17.6. The standard InChI is InChI=1S/C17H16BrN5O2/c1-10-19-16(25-21-10)15-13-9-23(8-7-14(13)22(2)20-15)17(24)11-3-5-12(18)6-4-11/h3-6H,7-9H2,1-2H3. The van der Waals surface area contributed by atoms with Gasteiger partial charge in [0.15, 0.2) is 11.5 Å². The number of nitrogens with zero attached hydrogens (tertiary/aromatic N) is 5. The van der Waals surface area contributed by atoms with Gasteiger partial charge in [-0.2, -0.15) is 10.1 Å². The fourth-order valence-electron chi connectivity index (χ4n) is 3.11. The highest BCUT2D eigenvalue weighted by Gasteiger charge is 2.29. The average Bonchev–Trinajstić information content (AvgIpc) is 3.18. The zero-order valence-corrected chi connectivity index (χ0v) is 15.4. The van der Waals surface area contributed by atoms with Gasteiger partial charge >= 0.3 is 0 Å². The van der Waals surface area contributed by atoms with Crippen LogP contribution >= 0.6 is 15.9 Å². The largest absolute Gasteiger partial charge is 0.334 e. The van der Waals surface area contributed by atoms with Crippen LogP contribution in [-0.2, 0) is 20.0 Å². The lowest BCUT2D eigenvalue weighted by Gasteiger charge is -2.27. The van der Waals surface area contributed by atoms with E-state index in [0.717, 1.165) is 22.2 Å². The van der Waals surface area contributed by atoms with Crippen molar-refractivity contribution in [2.24, 2.45) is 7.05 Å². The lowest BCUT2D eigenvalue weighted by atomic mass is 10.0. The maximum Gasteiger partial charge on any atom is 0.278 e. The monoisotopic (exact) mass is 401 g/mol. The van der Waals surface area contributed by atoms with E-state index >= 15 is 0 Å². The molecular formula is C17H16BrN5O2. The number of halogens is 1. The lowest BCUT2D eigenvalue weighted by Crippen LogP contribution is -2.36. The number of amides is 1. The molecule has 0 unspecified atom stereocenters. The molecule has 3 aromatic rings. The summed E-state index contributed by atoms with van der Waals surface area (Å²) in [6, 6.07) is 7.40. The van der Waals surface area contributed by atoms with E-state index in [1.54, 1.807) is 6.92 Å². The lowest BCUT2D eigenvalue weighted by molar-refractivity contribution is 0.0733. The molecule has 4 rings (SSSR count). The number of hydrogen-bond acceptors (Lipinski definition) is 5. The Morgan fingerprint density at radius 2 is 2.04 bits per heavy atom. The van der Waals surface area contributed by atoms with Gasteiger partial charge in [-0.15, -0.1) is 0 Å². The third-order valence-corrected chi connectivity index (χ3v) is 4.88. The molecule has 8 heteroatoms. The highest BCUT2D eigenvalue weighted by molar-refractivity contribution is 9.10. The molecule has 2 aromatic heterocycles. The molecule has 3 heterocycles. The van der Waals surface area contributed by atoms with E-state index in [1.807, 2.05) is 40.9 Å². The van der Waals surface area contributed by atoms with Crippen molar-refractivity contribution < 1.29 is 9.32 Å². The van der Waals surface area contributed by atoms with Crippen LogP contribution in [0.4, 0.5) is 0 Å². The van der Waals surface area contributed by atoms with E-state index in [-0.39, 0.29) is 5.91 Å². The first-order valence-electron chi connectivity index (χ1n) is 7.93. The quantitative estimate of drug-likeness (QED) is 0.659. The minimum Gasteiger partial charge on any atom is -0.334 e. The number of carbonyl (C=O) groups excluding carboxylic acids is 1. The van der Waals surface area contributed by atoms with Gasteiger partial charge in [-0.3, -0.25) is 9.48 Å². The predicted molar refractivity (Wildman–Crippen MR) is 93.8 cm³/mol. The molecule has 0 aliphatic carbocycles. The van der Waals surface area contributed by atoms with Crippen molar-refractivity contribution >= 4 is 21.8 Å². The second-order valence-corrected chi connectivity index (χ2v) is 6.94. The molecule has 128 valence electrons. The minimum atomic E-state index is 0.00895. The van der Waals surface area contributed by atoms with Gasteiger partial charge in [-0.25, -0.2) is 0 Å². The van der Waals surface area contributed by atoms with Crippen LogP contribution in [0, 0.1) is 6.92 Å². The van der Waals surface area contributed by atoms with Crippen molar-refractivity contribution in [3.05, 3.63) is 51.4 Å². The van der Waals surface area contributed by atoms with Gasteiger partial charge in [0, 0.05) is 41.3 Å². The minimum absolute atomic E-state index is 0.00895. The van der Waals surface area contributed by atoms with Crippen molar-refractivity contribution in [3.8, 4) is 11.6 Å². The van der Waals surface area contributed by atoms with Crippen LogP contribution in [0.1, 0.15) is 27.4 Å². The molecule has 1 aromatic carbocycles. The Morgan fingerprint density at radius 1 is 1.28 bits per heavy atom. The van der Waals surface area contributed by atoms with E-state index in [1.165, 1.54) is 0 Å². The molecule has 0 N–H and O–H groups in total. The van der Waals surface area contributed by atoms with Crippen molar-refractivity contribution in [1.82, 2.24) is 24.8 Å². The summed E-state index contributed by atoms with van der Waals surface area (Å²) in [7, 11) is 1.90. The number of benzene rings is 1. The normalized spacial score (nSPS) is 13.8. The third kappa shape index (κ3) is 2.86. The van der Waals surface area contributed by atoms with Gasteiger partial charge in [-0.1, -0.05) is 21.1 Å². The second-order valence-electron chi connectivity index (χ2n) is 6.03. The van der Waals surface area contributed by atoms with Gasteiger partial charge in [0.25, 0.3) is 11.8 Å². The van der Waals surface area contributed by atoms with Crippen LogP contribution in [0.3, 0.4) is 0 Å². The maximum absolute atomic E-state index is 12.8. The van der Waals surface area contributed by atoms with Gasteiger partial charge in [0.05, 0.1) is 6.54 Å². The summed E-state index contributed by atoms with van der Waals surface area (Å²) in [6.45, 7) is 2.91. The number of fused-ring (bicyclic) bond motifs is 1. The Morgan fingerprint density at radius 3 is 2.72 bits per heavy atom. The molecule has 1 amide bonds. The Hall–Kier alpha value is -2.48. The van der Waals surface area contributed by atoms with Gasteiger partial charge in [-0.05, 0) is 31.2 Å². The zero-order valence-electron chi connectivity index (χ0n) is 13.9. The van der Waals surface area contributed by atoms with Crippen LogP contribution in [0.15, 0.2) is 33.3 Å². The number of hydrogen-bond donors (Lipinski definition) is 0. The Kier molecular flexibility index (Phi) is 3.91. The summed E-state index contributed by atoms with van der Waals surface area (Å²) in [5, 5.41) is 8.37. The van der Waals surface area contributed by atoms with Crippen molar-refractivity contribution in [3.63, 3.8) is 0 Å². The van der Waals surface area contributed by atoms with Crippen LogP contribution in [-0.4, -0.2) is 37.3 Å². The summed E-state index contributed by atoms with van der Waals surface area (Å²) < 4.78 is 8.07. The highest BCUT2D eigenvalue weighted by Crippen LogP contribution is 2.29. The van der Waals surface area contributed by atoms with Gasteiger partial charge < -0.3 is 9.42 Å². The van der Waals surface area contributed by atoms with E-state index in [4.69, 9.17) is 4.52 Å². The highest BCUT2D eigenvalue weighted by atomic mass is 79.9. The van der Waals surface area contributed by atoms with E-state index < -0.39 is 0 Å². The molecule has 0 saturated heterocycles. The first-order chi connectivity index (χ1) is 12.0. The fraction of sp³-hybridized carbons (Fsp3) is 0.294. The number of aryl methyl sites for hydroxylation is 2. The van der Waals surface area contributed by atoms with Crippen LogP contribution in [0.5, 0.6) is 0 Å². The van der Waals surface area contributed by atoms with Crippen LogP contribution in [0.25, 0.3) is 11.6 Å². The molecule has 1 aliphatic rings. The van der Waals surface area contributed by atoms with E-state index in [2.05, 4.69) is 31.2 Å². The number of aromatic nitrogens is 4. The molecule has 0 atom stereocenters. The molecule has 0 fully saturated rings. The van der Waals surface area contributed by atoms with Crippen LogP contribution in [0.2, 0.25) is 0 Å². The summed E-state index contributed by atoms with van der Waals surface area (Å²) in [5.41, 5.74) is 3.41. The topological polar surface area (TPSA) is 77.0 Å². The van der Waals surface area contributed by atoms with E-state index in [9.17, 15) is 4.79 Å². The van der Waals surface area contributed by atoms with Gasteiger partial charge in [0.2, 0.25) is 0 Å². The molecule has 0 radical (unpaired) electrons. The third-order valence-electron chi connectivity index (χ3n) is 4.35. The SMILES string of the molecule is Cc1noc(-c2nn(C)c3c2CN(C(=O)c2ccc(Br)cc2)CC3)n1. The Bertz CT molecular complexity index is 945. The number of rotatable bonds is 2. The molecule has 7 nitrogen and oxygen atoms in total. The Labute approximate surface area is 152 Å². The average molecular weight is 402 g/mol. The fourth-order valence-corrected chi connectivity index (χ4v) is 3.37. The maximum atomic E-state index is 12.8. The van der Waals surface area contributed by atoms with Crippen molar-refractivity contribution in [2.45, 2.75) is 19.9 Å².